The molecule has 2 aliphatic heterocycles. The van der Waals surface area contributed by atoms with Crippen molar-refractivity contribution in [2.45, 2.75) is 70.5 Å². The van der Waals surface area contributed by atoms with Crippen molar-refractivity contribution >= 4 is 52.7 Å². The van der Waals surface area contributed by atoms with Crippen molar-refractivity contribution in [3.05, 3.63) is 59.3 Å². The zero-order valence-electron chi connectivity index (χ0n) is 26.5. The van der Waals surface area contributed by atoms with Crippen molar-refractivity contribution in [3.8, 4) is 0 Å². The summed E-state index contributed by atoms with van der Waals surface area (Å²) in [5, 5.41) is 10.8. The third kappa shape index (κ3) is 7.49. The van der Waals surface area contributed by atoms with Crippen LogP contribution in [-0.2, 0) is 32.5 Å². The van der Waals surface area contributed by atoms with Gasteiger partial charge in [-0.2, -0.15) is 9.19 Å². The minimum Gasteiger partial charge on any atom is -0.467 e. The lowest BCUT2D eigenvalue weighted by Crippen LogP contribution is -2.54. The maximum Gasteiger partial charge on any atom is 0.328 e. The number of hydrogen-bond acceptors (Lipinski definition) is 7. The van der Waals surface area contributed by atoms with Crippen molar-refractivity contribution in [1.82, 2.24) is 24.3 Å². The van der Waals surface area contributed by atoms with Gasteiger partial charge in [-0.1, -0.05) is 43.9 Å². The summed E-state index contributed by atoms with van der Waals surface area (Å²) in [5.41, 5.74) is 3.97. The average molecular weight is 655 g/mol. The molecule has 2 aromatic carbocycles. The number of likely N-dealkylation sites (tertiary alicyclic amines) is 1. The van der Waals surface area contributed by atoms with Gasteiger partial charge < -0.3 is 25.2 Å². The quantitative estimate of drug-likeness (QED) is 0.261. The predicted molar refractivity (Wildman–Crippen MR) is 175 cm³/mol. The molecule has 242 valence electrons. The van der Waals surface area contributed by atoms with Crippen molar-refractivity contribution in [2.24, 2.45) is 0 Å². The van der Waals surface area contributed by atoms with Gasteiger partial charge in [0.15, 0.2) is 0 Å². The van der Waals surface area contributed by atoms with E-state index in [9.17, 15) is 22.8 Å². The highest BCUT2D eigenvalue weighted by Gasteiger charge is 2.34. The van der Waals surface area contributed by atoms with E-state index < -0.39 is 30.1 Å². The van der Waals surface area contributed by atoms with E-state index in [4.69, 9.17) is 4.74 Å². The zero-order valence-corrected chi connectivity index (χ0v) is 28.3. The van der Waals surface area contributed by atoms with Gasteiger partial charge >= 0.3 is 18.0 Å². The van der Waals surface area contributed by atoms with Crippen LogP contribution in [-0.4, -0.2) is 91.5 Å². The number of para-hydroxylation sites is 1. The van der Waals surface area contributed by atoms with Crippen LogP contribution in [0.3, 0.4) is 0 Å². The zero-order chi connectivity index (χ0) is 32.5. The number of amides is 4. The number of nitrogens with zero attached hydrogens (tertiary/aromatic N) is 4. The largest absolute Gasteiger partial charge is 0.467 e. The van der Waals surface area contributed by atoms with Gasteiger partial charge in [-0.25, -0.2) is 22.8 Å². The number of anilines is 1. The monoisotopic (exact) mass is 654 g/mol. The minimum absolute atomic E-state index is 0.00576. The van der Waals surface area contributed by atoms with Crippen LogP contribution in [0.25, 0.3) is 10.9 Å². The normalized spacial score (nSPS) is 16.7. The number of ether oxygens (including phenoxy) is 1. The Labute approximate surface area is 265 Å². The first-order valence-electron chi connectivity index (χ1n) is 15.2. The molecule has 4 amide bonds. The van der Waals surface area contributed by atoms with E-state index in [1.54, 1.807) is 11.0 Å². The summed E-state index contributed by atoms with van der Waals surface area (Å²) in [5.74, 6) is -0.542. The van der Waals surface area contributed by atoms with Gasteiger partial charge in [0, 0.05) is 51.2 Å². The van der Waals surface area contributed by atoms with E-state index in [0.717, 1.165) is 26.5 Å². The molecule has 1 atom stereocenters. The van der Waals surface area contributed by atoms with E-state index in [2.05, 4.69) is 35.4 Å². The van der Waals surface area contributed by atoms with Crippen LogP contribution in [0.1, 0.15) is 29.5 Å². The standard InChI is InChI=1S/C31H42N6O6SSi/c1-21-16-22(17-24-20-37(34-28(21)24)44(41,42)14-15-45(3,4)5)18-27(29(38)43-2)33-30(39)35-12-10-25(11-13-35)36-19-23-8-6-7-9-26(23)32-31(36)40/h6-9,16-17,20,25,27H,10-15,18-19H2,1-5H3,(H,32,40)(H,33,39)/t27-/m1/s1. The van der Waals surface area contributed by atoms with Gasteiger partial charge in [0.25, 0.3) is 10.0 Å². The van der Waals surface area contributed by atoms with Crippen LogP contribution in [0, 0.1) is 6.92 Å². The maximum absolute atomic E-state index is 13.3. The number of benzene rings is 2. The van der Waals surface area contributed by atoms with Gasteiger partial charge in [0.2, 0.25) is 0 Å². The second-order valence-electron chi connectivity index (χ2n) is 13.1. The number of fused-ring (bicyclic) bond motifs is 2. The van der Waals surface area contributed by atoms with Crippen molar-refractivity contribution in [3.63, 3.8) is 0 Å². The lowest BCUT2D eigenvalue weighted by Gasteiger charge is -2.40. The predicted octanol–water partition coefficient (Wildman–Crippen LogP) is 4.17. The highest BCUT2D eigenvalue weighted by molar-refractivity contribution is 7.89. The minimum atomic E-state index is -3.60. The lowest BCUT2D eigenvalue weighted by atomic mass is 10.0. The number of carbonyl (C=O) groups is 3. The Morgan fingerprint density at radius 3 is 2.56 bits per heavy atom. The Kier molecular flexibility index (Phi) is 9.26. The molecule has 0 spiro atoms. The Balaban J connectivity index is 1.23. The fourth-order valence-corrected chi connectivity index (χ4v) is 10.0. The molecule has 0 radical (unpaired) electrons. The summed E-state index contributed by atoms with van der Waals surface area (Å²) in [6.45, 7) is 9.63. The van der Waals surface area contributed by atoms with Gasteiger partial charge in [-0.15, -0.1) is 0 Å². The fourth-order valence-electron chi connectivity index (χ4n) is 5.86. The van der Waals surface area contributed by atoms with E-state index in [0.29, 0.717) is 49.4 Å². The van der Waals surface area contributed by atoms with Crippen LogP contribution in [0.4, 0.5) is 15.3 Å². The van der Waals surface area contributed by atoms with Crippen LogP contribution < -0.4 is 10.6 Å². The molecule has 1 saturated heterocycles. The number of urea groups is 2. The molecule has 0 bridgehead atoms. The highest BCUT2D eigenvalue weighted by atomic mass is 32.2. The molecule has 0 unspecified atom stereocenters. The second kappa shape index (κ2) is 12.8. The molecule has 0 saturated carbocycles. The van der Waals surface area contributed by atoms with E-state index in [1.807, 2.05) is 42.2 Å². The van der Waals surface area contributed by atoms with Crippen molar-refractivity contribution in [2.75, 3.05) is 31.3 Å². The summed E-state index contributed by atoms with van der Waals surface area (Å²) in [6.07, 6.45) is 2.91. The molecule has 14 heteroatoms. The number of methoxy groups -OCH3 is 1. The summed E-state index contributed by atoms with van der Waals surface area (Å²) in [4.78, 5) is 42.3. The first kappa shape index (κ1) is 32.5. The maximum atomic E-state index is 13.3. The number of piperidine rings is 1. The number of aryl methyl sites for hydroxylation is 1. The molecule has 45 heavy (non-hydrogen) atoms. The Bertz CT molecular complexity index is 1710. The topological polar surface area (TPSA) is 143 Å². The Morgan fingerprint density at radius 1 is 1.16 bits per heavy atom. The Hall–Kier alpha value is -3.91. The third-order valence-electron chi connectivity index (χ3n) is 8.51. The van der Waals surface area contributed by atoms with Gasteiger partial charge in [-0.3, -0.25) is 0 Å². The van der Waals surface area contributed by atoms with E-state index in [-0.39, 0.29) is 30.3 Å². The summed E-state index contributed by atoms with van der Waals surface area (Å²) < 4.78 is 32.0. The van der Waals surface area contributed by atoms with Crippen LogP contribution in [0.15, 0.2) is 42.6 Å². The number of nitrogens with one attached hydrogen (secondary N) is 2. The van der Waals surface area contributed by atoms with Gasteiger partial charge in [-0.05, 0) is 54.6 Å². The third-order valence-corrected chi connectivity index (χ3v) is 12.1. The number of aromatic nitrogens is 2. The number of rotatable bonds is 9. The second-order valence-corrected chi connectivity index (χ2v) is 20.7. The van der Waals surface area contributed by atoms with Gasteiger partial charge in [0.1, 0.15) is 6.04 Å². The summed E-state index contributed by atoms with van der Waals surface area (Å²) in [6, 6.07) is 10.6. The Morgan fingerprint density at radius 2 is 1.87 bits per heavy atom. The SMILES string of the molecule is COC(=O)[C@@H](Cc1cc(C)c2nn(S(=O)(=O)CC[Si](C)(C)C)cc2c1)NC(=O)N1CCC(N2Cc3ccccc3NC2=O)CC1. The average Bonchev–Trinajstić information content (AvgIpc) is 3.45. The molecule has 1 fully saturated rings. The molecular formula is C31H42N6O6SSi. The van der Waals surface area contributed by atoms with Crippen LogP contribution >= 0.6 is 0 Å². The van der Waals surface area contributed by atoms with Crippen molar-refractivity contribution in [1.29, 1.82) is 0 Å². The molecule has 2 aliphatic rings. The lowest BCUT2D eigenvalue weighted by molar-refractivity contribution is -0.142. The molecule has 3 aromatic rings. The van der Waals surface area contributed by atoms with Crippen LogP contribution in [0.5, 0.6) is 0 Å². The summed E-state index contributed by atoms with van der Waals surface area (Å²) in [7, 11) is -3.89. The van der Waals surface area contributed by atoms with Crippen LogP contribution in [0.2, 0.25) is 25.7 Å². The molecule has 5 rings (SSSR count). The van der Waals surface area contributed by atoms with E-state index in [1.165, 1.54) is 13.3 Å². The molecule has 2 N–H and O–H groups in total. The van der Waals surface area contributed by atoms with Crippen molar-refractivity contribution < 1.29 is 27.5 Å². The molecular weight excluding hydrogens is 613 g/mol. The number of hydrogen-bond donors (Lipinski definition) is 2. The first-order chi connectivity index (χ1) is 21.2. The molecule has 0 aliphatic carbocycles. The first-order valence-corrected chi connectivity index (χ1v) is 20.6. The molecule has 12 nitrogen and oxygen atoms in total. The number of carbonyl (C=O) groups excluding carboxylic acids is 3. The molecule has 3 heterocycles. The van der Waals surface area contributed by atoms with Gasteiger partial charge in [0.05, 0.1) is 24.6 Å². The highest BCUT2D eigenvalue weighted by Crippen LogP contribution is 2.28. The molecule has 1 aromatic heterocycles. The fraction of sp³-hybridized carbons (Fsp3) is 0.484. The smallest absolute Gasteiger partial charge is 0.328 e. The number of esters is 1. The van der Waals surface area contributed by atoms with E-state index >= 15 is 0 Å². The summed E-state index contributed by atoms with van der Waals surface area (Å²) >= 11 is 0.